The summed E-state index contributed by atoms with van der Waals surface area (Å²) in [5, 5.41) is 12.5. The molecule has 1 saturated carbocycles. The fourth-order valence-electron chi connectivity index (χ4n) is 4.04. The molecule has 21 heavy (non-hydrogen) atoms. The molecule has 118 valence electrons. The first-order valence-electron chi connectivity index (χ1n) is 7.79. The maximum Gasteiger partial charge on any atom is 0.317 e. The fraction of sp³-hybridized carbons (Fsp3) is 0.867. The van der Waals surface area contributed by atoms with Gasteiger partial charge in [-0.1, -0.05) is 13.3 Å². The van der Waals surface area contributed by atoms with Crippen LogP contribution < -0.4 is 5.32 Å². The topological polar surface area (TPSA) is 78.9 Å². The van der Waals surface area contributed by atoms with Crippen LogP contribution >= 0.6 is 0 Å². The van der Waals surface area contributed by atoms with Crippen molar-refractivity contribution in [3.63, 3.8) is 0 Å². The van der Waals surface area contributed by atoms with Crippen LogP contribution in [0.4, 0.5) is 4.79 Å². The summed E-state index contributed by atoms with van der Waals surface area (Å²) in [5.41, 5.74) is -0.687. The summed E-state index contributed by atoms with van der Waals surface area (Å²) in [4.78, 5) is 25.6. The third-order valence-corrected chi connectivity index (χ3v) is 5.55. The Bertz CT molecular complexity index is 447. The number of ether oxygens (including phenoxy) is 1. The molecule has 3 aliphatic rings. The van der Waals surface area contributed by atoms with Gasteiger partial charge in [0.1, 0.15) is 0 Å². The molecule has 2 saturated heterocycles. The summed E-state index contributed by atoms with van der Waals surface area (Å²) < 4.78 is 5.38. The van der Waals surface area contributed by atoms with Crippen LogP contribution in [0.1, 0.15) is 32.6 Å². The second-order valence-electron chi connectivity index (χ2n) is 7.20. The molecule has 2 amide bonds. The average molecular weight is 296 g/mol. The van der Waals surface area contributed by atoms with Gasteiger partial charge < -0.3 is 20.1 Å². The SMILES string of the molecule is CC1(CNC(=O)N2C[C@@H]3CCC[C@@]3(C(=O)O)C2)CCOC1. The fourth-order valence-corrected chi connectivity index (χ4v) is 4.04. The van der Waals surface area contributed by atoms with Crippen molar-refractivity contribution in [2.24, 2.45) is 16.7 Å². The zero-order valence-corrected chi connectivity index (χ0v) is 12.6. The van der Waals surface area contributed by atoms with Crippen LogP contribution in [-0.4, -0.2) is 54.9 Å². The molecule has 0 aromatic carbocycles. The molecule has 6 nitrogen and oxygen atoms in total. The van der Waals surface area contributed by atoms with Gasteiger partial charge in [-0.3, -0.25) is 4.79 Å². The predicted molar refractivity (Wildman–Crippen MR) is 75.9 cm³/mol. The van der Waals surface area contributed by atoms with E-state index in [9.17, 15) is 14.7 Å². The van der Waals surface area contributed by atoms with Crippen LogP contribution in [0.2, 0.25) is 0 Å². The van der Waals surface area contributed by atoms with Crippen LogP contribution in [0.15, 0.2) is 0 Å². The Morgan fingerprint density at radius 3 is 2.86 bits per heavy atom. The van der Waals surface area contributed by atoms with Crippen molar-refractivity contribution in [1.29, 1.82) is 0 Å². The zero-order chi connectivity index (χ0) is 15.1. The van der Waals surface area contributed by atoms with E-state index in [-0.39, 0.29) is 17.4 Å². The number of hydrogen-bond donors (Lipinski definition) is 2. The lowest BCUT2D eigenvalue weighted by atomic mass is 9.81. The molecular formula is C15H24N2O4. The minimum absolute atomic E-state index is 0.00966. The summed E-state index contributed by atoms with van der Waals surface area (Å²) in [7, 11) is 0. The Kier molecular flexibility index (Phi) is 3.59. The number of carboxylic acid groups (broad SMARTS) is 1. The van der Waals surface area contributed by atoms with E-state index in [2.05, 4.69) is 12.2 Å². The van der Waals surface area contributed by atoms with Crippen LogP contribution in [0.3, 0.4) is 0 Å². The van der Waals surface area contributed by atoms with Gasteiger partial charge in [0.25, 0.3) is 0 Å². The highest BCUT2D eigenvalue weighted by Gasteiger charge is 2.55. The van der Waals surface area contributed by atoms with Gasteiger partial charge in [0.15, 0.2) is 0 Å². The number of amides is 2. The van der Waals surface area contributed by atoms with Crippen LogP contribution in [0.5, 0.6) is 0 Å². The number of nitrogens with zero attached hydrogens (tertiary/aromatic N) is 1. The van der Waals surface area contributed by atoms with E-state index >= 15 is 0 Å². The molecule has 2 aliphatic heterocycles. The summed E-state index contributed by atoms with van der Waals surface area (Å²) in [6, 6.07) is -0.127. The second-order valence-corrected chi connectivity index (χ2v) is 7.20. The van der Waals surface area contributed by atoms with Crippen molar-refractivity contribution >= 4 is 12.0 Å². The number of hydrogen-bond acceptors (Lipinski definition) is 3. The summed E-state index contributed by atoms with van der Waals surface area (Å²) in [6.45, 7) is 5.05. The zero-order valence-electron chi connectivity index (χ0n) is 12.6. The summed E-state index contributed by atoms with van der Waals surface area (Å²) in [6.07, 6.45) is 3.53. The molecule has 1 unspecified atom stereocenters. The largest absolute Gasteiger partial charge is 0.481 e. The minimum atomic E-state index is -0.739. The first-order valence-corrected chi connectivity index (χ1v) is 7.79. The number of nitrogens with one attached hydrogen (secondary N) is 1. The highest BCUT2D eigenvalue weighted by atomic mass is 16.5. The number of carbonyl (C=O) groups excluding carboxylic acids is 1. The standard InChI is InChI=1S/C15H24N2O4/c1-14(5-6-21-10-14)8-16-13(20)17-7-11-3-2-4-15(11,9-17)12(18)19/h11H,2-10H2,1H3,(H,16,20)(H,18,19)/t11-,14?,15+/m0/s1. The Morgan fingerprint density at radius 1 is 1.43 bits per heavy atom. The van der Waals surface area contributed by atoms with Crippen LogP contribution in [0.25, 0.3) is 0 Å². The van der Waals surface area contributed by atoms with Crippen LogP contribution in [0, 0.1) is 16.7 Å². The first-order chi connectivity index (χ1) is 9.95. The maximum atomic E-state index is 12.3. The maximum absolute atomic E-state index is 12.3. The van der Waals surface area contributed by atoms with Crippen LogP contribution in [-0.2, 0) is 9.53 Å². The smallest absolute Gasteiger partial charge is 0.317 e. The molecule has 2 N–H and O–H groups in total. The van der Waals surface area contributed by atoms with E-state index in [1.165, 1.54) is 0 Å². The number of aliphatic carboxylic acids is 1. The summed E-state index contributed by atoms with van der Waals surface area (Å²) >= 11 is 0. The molecule has 0 bridgehead atoms. The lowest BCUT2D eigenvalue weighted by Gasteiger charge is -2.26. The Morgan fingerprint density at radius 2 is 2.24 bits per heavy atom. The normalized spacial score (nSPS) is 38.5. The lowest BCUT2D eigenvalue weighted by molar-refractivity contribution is -0.149. The van der Waals surface area contributed by atoms with Crippen molar-refractivity contribution in [3.8, 4) is 0 Å². The van der Waals surface area contributed by atoms with Crippen molar-refractivity contribution in [3.05, 3.63) is 0 Å². The highest BCUT2D eigenvalue weighted by Crippen LogP contribution is 2.48. The molecule has 3 rings (SSSR count). The van der Waals surface area contributed by atoms with Crippen molar-refractivity contribution < 1.29 is 19.4 Å². The van der Waals surface area contributed by atoms with Gasteiger partial charge in [-0.05, 0) is 25.2 Å². The van der Waals surface area contributed by atoms with E-state index in [4.69, 9.17) is 4.74 Å². The molecule has 2 heterocycles. The monoisotopic (exact) mass is 296 g/mol. The molecule has 6 heteroatoms. The van der Waals surface area contributed by atoms with Crippen molar-refractivity contribution in [2.75, 3.05) is 32.8 Å². The van der Waals surface area contributed by atoms with Gasteiger partial charge in [0, 0.05) is 31.7 Å². The average Bonchev–Trinajstić information content (AvgIpc) is 3.09. The van der Waals surface area contributed by atoms with Crippen molar-refractivity contribution in [1.82, 2.24) is 10.2 Å². The van der Waals surface area contributed by atoms with Gasteiger partial charge in [-0.25, -0.2) is 4.79 Å². The molecule has 0 aromatic heterocycles. The van der Waals surface area contributed by atoms with E-state index < -0.39 is 11.4 Å². The van der Waals surface area contributed by atoms with Gasteiger partial charge in [0.05, 0.1) is 12.0 Å². The number of carboxylic acids is 1. The number of urea groups is 1. The number of rotatable bonds is 3. The van der Waals surface area contributed by atoms with Gasteiger partial charge in [-0.2, -0.15) is 0 Å². The second kappa shape index (κ2) is 5.16. The quantitative estimate of drug-likeness (QED) is 0.823. The molecule has 3 fully saturated rings. The third-order valence-electron chi connectivity index (χ3n) is 5.55. The predicted octanol–water partition coefficient (Wildman–Crippen LogP) is 1.31. The van der Waals surface area contributed by atoms with Gasteiger partial charge >= 0.3 is 12.0 Å². The molecule has 0 radical (unpaired) electrons. The molecule has 3 atom stereocenters. The first kappa shape index (κ1) is 14.6. The van der Waals surface area contributed by atoms with Gasteiger partial charge in [-0.15, -0.1) is 0 Å². The summed E-state index contributed by atoms with van der Waals surface area (Å²) in [5.74, 6) is -0.623. The molecule has 0 spiro atoms. The Hall–Kier alpha value is -1.30. The molecule has 1 aliphatic carbocycles. The third kappa shape index (κ3) is 2.50. The Labute approximate surface area is 124 Å². The van der Waals surface area contributed by atoms with E-state index in [0.29, 0.717) is 32.7 Å². The Balaban J connectivity index is 1.58. The van der Waals surface area contributed by atoms with E-state index in [0.717, 1.165) is 25.9 Å². The van der Waals surface area contributed by atoms with E-state index in [1.54, 1.807) is 4.90 Å². The van der Waals surface area contributed by atoms with E-state index in [1.807, 2.05) is 0 Å². The molecular weight excluding hydrogens is 272 g/mol. The lowest BCUT2D eigenvalue weighted by Crippen LogP contribution is -2.45. The number of carbonyl (C=O) groups is 2. The number of fused-ring (bicyclic) bond motifs is 1. The highest BCUT2D eigenvalue weighted by molar-refractivity contribution is 5.80. The molecule has 0 aromatic rings. The minimum Gasteiger partial charge on any atom is -0.481 e. The van der Waals surface area contributed by atoms with Gasteiger partial charge in [0.2, 0.25) is 0 Å². The number of likely N-dealkylation sites (tertiary alicyclic amines) is 1. The van der Waals surface area contributed by atoms with Crippen molar-refractivity contribution in [2.45, 2.75) is 32.6 Å².